The van der Waals surface area contributed by atoms with Gasteiger partial charge < -0.3 is 28.9 Å². The fourth-order valence-corrected chi connectivity index (χ4v) is 6.29. The van der Waals surface area contributed by atoms with Gasteiger partial charge in [0.05, 0.1) is 33.3 Å². The minimum Gasteiger partial charge on any atom is -0.497 e. The molecule has 3 amide bonds. The lowest BCUT2D eigenvalue weighted by Crippen LogP contribution is -2.55. The average Bonchev–Trinajstić information content (AvgIpc) is 3.62. The summed E-state index contributed by atoms with van der Waals surface area (Å²) in [5, 5.41) is 1.17. The zero-order valence-electron chi connectivity index (χ0n) is 28.6. The number of hydrogen-bond donors (Lipinski definition) is 0. The Labute approximate surface area is 283 Å². The number of nitrogens with zero attached hydrogens (tertiary/aromatic N) is 5. The molecule has 4 rings (SSSR count). The van der Waals surface area contributed by atoms with Crippen molar-refractivity contribution in [3.63, 3.8) is 0 Å². The van der Waals surface area contributed by atoms with E-state index in [4.69, 9.17) is 19.0 Å². The molecule has 0 spiro atoms. The summed E-state index contributed by atoms with van der Waals surface area (Å²) in [5.74, 6) is 0.594. The zero-order valence-corrected chi connectivity index (χ0v) is 28.6. The second kappa shape index (κ2) is 18.2. The Morgan fingerprint density at radius 1 is 1.04 bits per heavy atom. The number of ether oxygens (including phenoxy) is 3. The van der Waals surface area contributed by atoms with E-state index >= 15 is 0 Å². The number of esters is 1. The number of amides is 3. The Morgan fingerprint density at radius 3 is 2.52 bits per heavy atom. The van der Waals surface area contributed by atoms with E-state index in [1.807, 2.05) is 4.90 Å². The summed E-state index contributed by atoms with van der Waals surface area (Å²) in [5.41, 5.74) is 1.13. The van der Waals surface area contributed by atoms with Crippen molar-refractivity contribution in [1.82, 2.24) is 19.8 Å². The van der Waals surface area contributed by atoms with Gasteiger partial charge in [-0.15, -0.1) is 0 Å². The van der Waals surface area contributed by atoms with Crippen LogP contribution in [-0.4, -0.2) is 110 Å². The van der Waals surface area contributed by atoms with E-state index in [1.165, 1.54) is 5.06 Å². The topological polar surface area (TPSA) is 131 Å². The number of pyridine rings is 1. The lowest BCUT2D eigenvalue weighted by atomic mass is 9.98. The third-order valence-corrected chi connectivity index (χ3v) is 8.90. The first kappa shape index (κ1) is 36.4. The van der Waals surface area contributed by atoms with E-state index in [1.54, 1.807) is 67.5 Å². The number of carbonyl (C=O) groups excluding carboxylic acids is 4. The summed E-state index contributed by atoms with van der Waals surface area (Å²) in [6.45, 7) is 6.64. The van der Waals surface area contributed by atoms with Gasteiger partial charge in [-0.1, -0.05) is 26.2 Å². The molecule has 13 nitrogen and oxygen atoms in total. The summed E-state index contributed by atoms with van der Waals surface area (Å²) < 4.78 is 15.9. The van der Waals surface area contributed by atoms with E-state index < -0.39 is 17.9 Å². The van der Waals surface area contributed by atoms with Gasteiger partial charge in [0.15, 0.2) is 0 Å². The van der Waals surface area contributed by atoms with Crippen LogP contribution < -0.4 is 14.4 Å². The number of aromatic nitrogens is 1. The second-order valence-corrected chi connectivity index (χ2v) is 11.9. The Kier molecular flexibility index (Phi) is 13.8. The molecule has 48 heavy (non-hydrogen) atoms. The number of methoxy groups -OCH3 is 2. The molecule has 2 aromatic rings. The maximum absolute atomic E-state index is 14.1. The van der Waals surface area contributed by atoms with Gasteiger partial charge in [-0.05, 0) is 50.5 Å². The Hall–Kier alpha value is -4.39. The third kappa shape index (κ3) is 9.15. The predicted molar refractivity (Wildman–Crippen MR) is 178 cm³/mol. The van der Waals surface area contributed by atoms with Crippen molar-refractivity contribution >= 4 is 30.0 Å². The number of rotatable bonds is 17. The van der Waals surface area contributed by atoms with Crippen LogP contribution in [0, 0.1) is 5.92 Å². The highest BCUT2D eigenvalue weighted by atomic mass is 16.7. The first-order valence-corrected chi connectivity index (χ1v) is 16.9. The molecular weight excluding hydrogens is 618 g/mol. The van der Waals surface area contributed by atoms with Gasteiger partial charge in [-0.25, -0.2) is 14.8 Å². The van der Waals surface area contributed by atoms with Gasteiger partial charge >= 0.3 is 5.97 Å². The maximum atomic E-state index is 14.1. The van der Waals surface area contributed by atoms with Crippen molar-refractivity contribution in [2.45, 2.75) is 65.0 Å². The van der Waals surface area contributed by atoms with Crippen LogP contribution in [0.25, 0.3) is 0 Å². The van der Waals surface area contributed by atoms with Crippen LogP contribution in [0.15, 0.2) is 36.5 Å². The Balaban J connectivity index is 1.40. The fourth-order valence-electron chi connectivity index (χ4n) is 6.29. The normalized spacial score (nSPS) is 16.8. The first-order valence-electron chi connectivity index (χ1n) is 16.9. The molecule has 0 unspecified atom stereocenters. The number of unbranched alkanes of at least 4 members (excludes halogenated alkanes) is 2. The molecule has 1 aromatic carbocycles. The van der Waals surface area contributed by atoms with Crippen LogP contribution in [0.3, 0.4) is 0 Å². The van der Waals surface area contributed by atoms with Crippen molar-refractivity contribution < 1.29 is 38.2 Å². The van der Waals surface area contributed by atoms with Crippen LogP contribution in [-0.2, 0) is 30.6 Å². The molecule has 0 saturated carbocycles. The highest BCUT2D eigenvalue weighted by Crippen LogP contribution is 2.28. The van der Waals surface area contributed by atoms with E-state index in [2.05, 4.69) is 11.9 Å². The average molecular weight is 668 g/mol. The lowest BCUT2D eigenvalue weighted by Gasteiger charge is -2.38. The number of likely N-dealkylation sites (tertiary alicyclic amines) is 1. The Bertz CT molecular complexity index is 1380. The monoisotopic (exact) mass is 667 g/mol. The molecule has 0 N–H and O–H groups in total. The quantitative estimate of drug-likeness (QED) is 0.107. The van der Waals surface area contributed by atoms with Gasteiger partial charge in [0.25, 0.3) is 0 Å². The highest BCUT2D eigenvalue weighted by molar-refractivity contribution is 5.95. The highest BCUT2D eigenvalue weighted by Gasteiger charge is 2.40. The van der Waals surface area contributed by atoms with Gasteiger partial charge in [-0.2, -0.15) is 0 Å². The summed E-state index contributed by atoms with van der Waals surface area (Å²) in [7, 11) is 3.12. The number of anilines is 1. The van der Waals surface area contributed by atoms with Crippen LogP contribution in [0.2, 0.25) is 0 Å². The molecule has 0 aliphatic carbocycles. The Morgan fingerprint density at radius 2 is 1.83 bits per heavy atom. The summed E-state index contributed by atoms with van der Waals surface area (Å²) in [6.07, 6.45) is 6.89. The van der Waals surface area contributed by atoms with Crippen LogP contribution in [0.5, 0.6) is 11.5 Å². The largest absolute Gasteiger partial charge is 0.497 e. The van der Waals surface area contributed by atoms with Gasteiger partial charge in [0.2, 0.25) is 18.2 Å². The minimum absolute atomic E-state index is 0.0678. The van der Waals surface area contributed by atoms with Crippen LogP contribution in [0.4, 0.5) is 5.82 Å². The number of hydrogen-bond acceptors (Lipinski definition) is 10. The SMILES string of the molecule is CCCCC[C@H](CN(C=O)OCc1ccc(OC)cc1OC)C(=O)N1CCC[C@H]1C(=O)N1CCN(c2ncccc2C(=O)OCC)CC1. The number of carbonyl (C=O) groups is 4. The van der Waals surface area contributed by atoms with Crippen molar-refractivity contribution in [2.75, 3.05) is 65.0 Å². The first-order chi connectivity index (χ1) is 23.3. The van der Waals surface area contributed by atoms with Crippen molar-refractivity contribution in [2.24, 2.45) is 5.92 Å². The zero-order chi connectivity index (χ0) is 34.5. The van der Waals surface area contributed by atoms with E-state index in [-0.39, 0.29) is 31.6 Å². The van der Waals surface area contributed by atoms with E-state index in [0.29, 0.717) is 74.9 Å². The second-order valence-electron chi connectivity index (χ2n) is 11.9. The molecular formula is C35H49N5O8. The van der Waals surface area contributed by atoms with Crippen molar-refractivity contribution in [1.29, 1.82) is 0 Å². The lowest BCUT2D eigenvalue weighted by molar-refractivity contribution is -0.183. The van der Waals surface area contributed by atoms with Crippen LogP contribution in [0.1, 0.15) is 68.3 Å². The molecule has 2 atom stereocenters. The molecule has 0 radical (unpaired) electrons. The molecule has 2 fully saturated rings. The number of hydroxylamine groups is 2. The molecule has 2 aliphatic heterocycles. The molecule has 2 aliphatic rings. The molecule has 3 heterocycles. The van der Waals surface area contributed by atoms with Gasteiger partial charge in [0.1, 0.15) is 35.5 Å². The van der Waals surface area contributed by atoms with E-state index in [0.717, 1.165) is 31.2 Å². The molecule has 2 saturated heterocycles. The number of piperazine rings is 1. The van der Waals surface area contributed by atoms with Crippen molar-refractivity contribution in [3.05, 3.63) is 47.7 Å². The standard InChI is InChI=1S/C35H49N5O8/c1-5-7-8-11-26(23-39(25-41)48-24-27-14-15-28(45-3)22-31(27)46-4)33(42)40-17-10-13-30(40)34(43)38-20-18-37(19-21-38)32-29(12-9-16-36-32)35(44)47-6-2/h9,12,14-16,22,25-26,30H,5-8,10-11,13,17-21,23-24H2,1-4H3/t26-,30+/m1/s1. The fraction of sp³-hybridized carbons (Fsp3) is 0.571. The van der Waals surface area contributed by atoms with E-state index in [9.17, 15) is 19.2 Å². The molecule has 13 heteroatoms. The molecule has 1 aromatic heterocycles. The summed E-state index contributed by atoms with van der Waals surface area (Å²) in [4.78, 5) is 68.4. The molecule has 262 valence electrons. The minimum atomic E-state index is -0.558. The summed E-state index contributed by atoms with van der Waals surface area (Å²) >= 11 is 0. The third-order valence-electron chi connectivity index (χ3n) is 8.90. The number of benzene rings is 1. The van der Waals surface area contributed by atoms with Crippen molar-refractivity contribution in [3.8, 4) is 11.5 Å². The molecule has 0 bridgehead atoms. The summed E-state index contributed by atoms with van der Waals surface area (Å²) in [6, 6.07) is 8.17. The van der Waals surface area contributed by atoms with Gasteiger partial charge in [0, 0.05) is 50.6 Å². The predicted octanol–water partition coefficient (Wildman–Crippen LogP) is 3.70. The van der Waals surface area contributed by atoms with Crippen LogP contribution >= 0.6 is 0 Å². The van der Waals surface area contributed by atoms with Gasteiger partial charge in [-0.3, -0.25) is 19.2 Å². The smallest absolute Gasteiger partial charge is 0.341 e. The maximum Gasteiger partial charge on any atom is 0.341 e.